The van der Waals surface area contributed by atoms with Crippen LogP contribution in [0, 0.1) is 0 Å². The lowest BCUT2D eigenvalue weighted by molar-refractivity contribution is 0.755. The van der Waals surface area contributed by atoms with Gasteiger partial charge in [0.25, 0.3) is 0 Å². The minimum Gasteiger partial charge on any atom is -0.284 e. The molecule has 2 nitrogen and oxygen atoms in total. The van der Waals surface area contributed by atoms with E-state index in [9.17, 15) is 0 Å². The number of anilines is 1. The van der Waals surface area contributed by atoms with Gasteiger partial charge in [0, 0.05) is 41.7 Å². The van der Waals surface area contributed by atoms with Gasteiger partial charge in [0.05, 0.1) is 5.69 Å². The number of rotatable bonds is 0. The zero-order valence-electron chi connectivity index (χ0n) is 6.63. The molecule has 1 aromatic rings. The van der Waals surface area contributed by atoms with Crippen molar-refractivity contribution in [2.24, 2.45) is 0 Å². The van der Waals surface area contributed by atoms with Crippen LogP contribution in [-0.2, 0) is 5.41 Å². The fourth-order valence-corrected chi connectivity index (χ4v) is 2.40. The van der Waals surface area contributed by atoms with Crippen LogP contribution in [0.1, 0.15) is 18.4 Å². The second-order valence-electron chi connectivity index (χ2n) is 3.69. The zero-order valence-corrected chi connectivity index (χ0v) is 7.38. The van der Waals surface area contributed by atoms with E-state index in [4.69, 9.17) is 11.8 Å². The molecule has 3 rings (SSSR count). The Balaban J connectivity index is 2.21. The topological polar surface area (TPSA) is 16.1 Å². The second kappa shape index (κ2) is 1.94. The highest BCUT2D eigenvalue weighted by Crippen LogP contribution is 2.56. The molecule has 2 aliphatic rings. The van der Waals surface area contributed by atoms with Crippen LogP contribution in [0.3, 0.4) is 0 Å². The summed E-state index contributed by atoms with van der Waals surface area (Å²) < 4.78 is 1.82. The van der Waals surface area contributed by atoms with Gasteiger partial charge in [-0.3, -0.25) is 9.40 Å². The molecular weight excluding hydrogens is 172 g/mol. The number of hydrogen-bond acceptors (Lipinski definition) is 2. The Labute approximate surface area is 76.3 Å². The molecule has 1 fully saturated rings. The van der Waals surface area contributed by atoms with E-state index in [-0.39, 0.29) is 0 Å². The van der Waals surface area contributed by atoms with Gasteiger partial charge in [0.2, 0.25) is 0 Å². The lowest BCUT2D eigenvalue weighted by Gasteiger charge is -2.06. The van der Waals surface area contributed by atoms with Gasteiger partial charge in [-0.15, -0.1) is 0 Å². The smallest absolute Gasteiger partial charge is 0.0592 e. The first-order chi connectivity index (χ1) is 5.82. The summed E-state index contributed by atoms with van der Waals surface area (Å²) in [6, 6.07) is 2.00. The van der Waals surface area contributed by atoms with Gasteiger partial charge in [0.1, 0.15) is 0 Å². The van der Waals surface area contributed by atoms with E-state index >= 15 is 0 Å². The second-order valence-corrected chi connectivity index (χ2v) is 4.10. The third-order valence-electron chi connectivity index (χ3n) is 2.93. The van der Waals surface area contributed by atoms with Crippen molar-refractivity contribution in [1.29, 1.82) is 0 Å². The first kappa shape index (κ1) is 6.72. The van der Waals surface area contributed by atoms with Crippen molar-refractivity contribution in [2.75, 3.05) is 11.0 Å². The molecule has 0 unspecified atom stereocenters. The van der Waals surface area contributed by atoms with Gasteiger partial charge in [-0.05, 0) is 18.9 Å². The summed E-state index contributed by atoms with van der Waals surface area (Å²) in [7, 11) is 0. The number of nitrogens with zero attached hydrogens (tertiary/aromatic N) is 2. The summed E-state index contributed by atoms with van der Waals surface area (Å²) in [5, 5.41) is 0. The minimum absolute atomic E-state index is 0.380. The summed E-state index contributed by atoms with van der Waals surface area (Å²) in [5.41, 5.74) is 2.88. The van der Waals surface area contributed by atoms with E-state index < -0.39 is 0 Å². The highest BCUT2D eigenvalue weighted by molar-refractivity contribution is 6.26. The molecule has 0 amide bonds. The third kappa shape index (κ3) is 0.686. The predicted molar refractivity (Wildman–Crippen MR) is 48.3 cm³/mol. The van der Waals surface area contributed by atoms with Crippen molar-refractivity contribution in [3.05, 3.63) is 24.0 Å². The molecule has 12 heavy (non-hydrogen) atoms. The molecule has 1 aromatic heterocycles. The van der Waals surface area contributed by atoms with Gasteiger partial charge in [-0.25, -0.2) is 0 Å². The largest absolute Gasteiger partial charge is 0.284 e. The Kier molecular flexibility index (Phi) is 1.09. The van der Waals surface area contributed by atoms with Gasteiger partial charge >= 0.3 is 0 Å². The maximum Gasteiger partial charge on any atom is 0.0592 e. The summed E-state index contributed by atoms with van der Waals surface area (Å²) >= 11 is 6.07. The predicted octanol–water partition coefficient (Wildman–Crippen LogP) is 2.09. The maximum atomic E-state index is 6.07. The van der Waals surface area contributed by atoms with Crippen LogP contribution in [0.5, 0.6) is 0 Å². The minimum atomic E-state index is 0.380. The molecule has 0 atom stereocenters. The van der Waals surface area contributed by atoms with Crippen LogP contribution < -0.4 is 4.42 Å². The van der Waals surface area contributed by atoms with Crippen LogP contribution >= 0.6 is 11.8 Å². The van der Waals surface area contributed by atoms with E-state index in [2.05, 4.69) is 4.98 Å². The first-order valence-electron chi connectivity index (χ1n) is 4.20. The van der Waals surface area contributed by atoms with Crippen LogP contribution in [0.15, 0.2) is 18.5 Å². The van der Waals surface area contributed by atoms with Crippen molar-refractivity contribution in [3.8, 4) is 0 Å². The fraction of sp³-hybridized carbons (Fsp3) is 0.444. The zero-order chi connectivity index (χ0) is 8.18. The molecular formula is C9H9ClN2. The molecule has 3 heteroatoms. The van der Waals surface area contributed by atoms with E-state index in [0.717, 1.165) is 12.2 Å². The van der Waals surface area contributed by atoms with Crippen molar-refractivity contribution >= 4 is 17.5 Å². The van der Waals surface area contributed by atoms with Gasteiger partial charge in [-0.1, -0.05) is 0 Å². The highest BCUT2D eigenvalue weighted by Gasteiger charge is 2.51. The van der Waals surface area contributed by atoms with E-state index in [1.54, 1.807) is 6.20 Å². The lowest BCUT2D eigenvalue weighted by atomic mass is 10.0. The number of halogens is 1. The Morgan fingerprint density at radius 2 is 2.33 bits per heavy atom. The normalized spacial score (nSPS) is 22.9. The third-order valence-corrected chi connectivity index (χ3v) is 3.23. The molecule has 0 saturated heterocycles. The molecule has 0 N–H and O–H groups in total. The van der Waals surface area contributed by atoms with E-state index in [1.165, 1.54) is 18.4 Å². The SMILES string of the molecule is ClN1CC2(CC2)c2cnccc21. The van der Waals surface area contributed by atoms with Crippen molar-refractivity contribution in [2.45, 2.75) is 18.3 Å². The average molecular weight is 181 g/mol. The maximum absolute atomic E-state index is 6.07. The molecule has 1 spiro atoms. The van der Waals surface area contributed by atoms with Crippen LogP contribution in [-0.4, -0.2) is 11.5 Å². The summed E-state index contributed by atoms with van der Waals surface area (Å²) in [5.74, 6) is 0. The van der Waals surface area contributed by atoms with Crippen LogP contribution in [0.4, 0.5) is 5.69 Å². The molecule has 2 heterocycles. The molecule has 0 bridgehead atoms. The molecule has 1 aliphatic heterocycles. The number of aromatic nitrogens is 1. The number of pyridine rings is 1. The Morgan fingerprint density at radius 1 is 1.50 bits per heavy atom. The fourth-order valence-electron chi connectivity index (χ4n) is 2.02. The summed E-state index contributed by atoms with van der Waals surface area (Å²) in [6.07, 6.45) is 6.31. The highest BCUT2D eigenvalue weighted by atomic mass is 35.5. The number of hydrogen-bond donors (Lipinski definition) is 0. The molecule has 0 radical (unpaired) electrons. The summed E-state index contributed by atoms with van der Waals surface area (Å²) in [4.78, 5) is 4.14. The quantitative estimate of drug-likeness (QED) is 0.569. The van der Waals surface area contributed by atoms with Gasteiger partial charge < -0.3 is 0 Å². The monoisotopic (exact) mass is 180 g/mol. The number of fused-ring (bicyclic) bond motifs is 2. The molecule has 1 saturated carbocycles. The van der Waals surface area contributed by atoms with Crippen molar-refractivity contribution in [3.63, 3.8) is 0 Å². The first-order valence-corrected chi connectivity index (χ1v) is 4.53. The average Bonchev–Trinajstić information content (AvgIpc) is 2.79. The summed E-state index contributed by atoms with van der Waals surface area (Å²) in [6.45, 7) is 0.968. The molecule has 1 aliphatic carbocycles. The van der Waals surface area contributed by atoms with Crippen LogP contribution in [0.2, 0.25) is 0 Å². The van der Waals surface area contributed by atoms with Crippen molar-refractivity contribution in [1.82, 2.24) is 4.98 Å². The Morgan fingerprint density at radius 3 is 3.08 bits per heavy atom. The molecule has 62 valence electrons. The Bertz CT molecular complexity index is 333. The Hall–Kier alpha value is -0.760. The molecule has 0 aromatic carbocycles. The standard InChI is InChI=1S/C9H9ClN2/c10-12-6-9(2-3-9)7-5-11-4-1-8(7)12/h1,4-5H,2-3,6H2. The van der Waals surface area contributed by atoms with Gasteiger partial charge in [0.15, 0.2) is 0 Å². The lowest BCUT2D eigenvalue weighted by Crippen LogP contribution is -2.13. The van der Waals surface area contributed by atoms with E-state index in [1.807, 2.05) is 16.7 Å². The van der Waals surface area contributed by atoms with Crippen LogP contribution in [0.25, 0.3) is 0 Å². The van der Waals surface area contributed by atoms with Gasteiger partial charge in [-0.2, -0.15) is 0 Å². The van der Waals surface area contributed by atoms with Crippen molar-refractivity contribution < 1.29 is 0 Å². The van der Waals surface area contributed by atoms with E-state index in [0.29, 0.717) is 5.41 Å².